The Labute approximate surface area is 105 Å². The van der Waals surface area contributed by atoms with Crippen molar-refractivity contribution in [1.82, 2.24) is 5.32 Å². The molecule has 1 aromatic rings. The SMILES string of the molecule is CC[C@@](C)(CC(=O)O)NC(=O)c1ccc(F)cc1. The van der Waals surface area contributed by atoms with Crippen molar-refractivity contribution in [2.75, 3.05) is 0 Å². The van der Waals surface area contributed by atoms with Crippen LogP contribution in [0.3, 0.4) is 0 Å². The lowest BCUT2D eigenvalue weighted by Crippen LogP contribution is -2.47. The van der Waals surface area contributed by atoms with Gasteiger partial charge in [-0.3, -0.25) is 9.59 Å². The number of amides is 1. The number of carbonyl (C=O) groups is 2. The first-order valence-electron chi connectivity index (χ1n) is 5.66. The number of carboxylic acids is 1. The van der Waals surface area contributed by atoms with Crippen molar-refractivity contribution in [2.24, 2.45) is 0 Å². The van der Waals surface area contributed by atoms with Crippen molar-refractivity contribution in [2.45, 2.75) is 32.2 Å². The summed E-state index contributed by atoms with van der Waals surface area (Å²) in [6.07, 6.45) is 0.336. The lowest BCUT2D eigenvalue weighted by molar-refractivity contribution is -0.138. The van der Waals surface area contributed by atoms with Gasteiger partial charge >= 0.3 is 5.97 Å². The second-order valence-electron chi connectivity index (χ2n) is 4.45. The van der Waals surface area contributed by atoms with E-state index in [0.717, 1.165) is 0 Å². The number of halogens is 1. The molecule has 4 nitrogen and oxygen atoms in total. The van der Waals surface area contributed by atoms with Gasteiger partial charge in [0.2, 0.25) is 0 Å². The van der Waals surface area contributed by atoms with Gasteiger partial charge in [0.25, 0.3) is 5.91 Å². The summed E-state index contributed by atoms with van der Waals surface area (Å²) >= 11 is 0. The maximum absolute atomic E-state index is 12.7. The average Bonchev–Trinajstić information content (AvgIpc) is 2.28. The summed E-state index contributed by atoms with van der Waals surface area (Å²) in [6.45, 7) is 3.47. The molecule has 18 heavy (non-hydrogen) atoms. The fraction of sp³-hybridized carbons (Fsp3) is 0.385. The fourth-order valence-electron chi connectivity index (χ4n) is 1.54. The molecule has 1 aromatic carbocycles. The van der Waals surface area contributed by atoms with Crippen molar-refractivity contribution >= 4 is 11.9 Å². The Kier molecular flexibility index (Phi) is 4.42. The van der Waals surface area contributed by atoms with Crippen molar-refractivity contribution in [1.29, 1.82) is 0 Å². The molecule has 2 N–H and O–H groups in total. The average molecular weight is 253 g/mol. The molecule has 0 bridgehead atoms. The highest BCUT2D eigenvalue weighted by Crippen LogP contribution is 2.15. The van der Waals surface area contributed by atoms with Gasteiger partial charge in [-0.2, -0.15) is 0 Å². The van der Waals surface area contributed by atoms with Crippen LogP contribution in [-0.2, 0) is 4.79 Å². The predicted octanol–water partition coefficient (Wildman–Crippen LogP) is 2.20. The maximum Gasteiger partial charge on any atom is 0.305 e. The summed E-state index contributed by atoms with van der Waals surface area (Å²) in [6, 6.07) is 5.10. The molecule has 0 heterocycles. The molecule has 98 valence electrons. The van der Waals surface area contributed by atoms with Crippen LogP contribution in [0.15, 0.2) is 24.3 Å². The number of hydrogen-bond acceptors (Lipinski definition) is 2. The number of hydrogen-bond donors (Lipinski definition) is 2. The first-order valence-corrected chi connectivity index (χ1v) is 5.66. The van der Waals surface area contributed by atoms with Crippen LogP contribution in [0.25, 0.3) is 0 Å². The molecule has 1 atom stereocenters. The van der Waals surface area contributed by atoms with Crippen LogP contribution < -0.4 is 5.32 Å². The first kappa shape index (κ1) is 14.2. The highest BCUT2D eigenvalue weighted by atomic mass is 19.1. The van der Waals surface area contributed by atoms with Crippen LogP contribution in [0.1, 0.15) is 37.0 Å². The first-order chi connectivity index (χ1) is 8.36. The van der Waals surface area contributed by atoms with Crippen LogP contribution in [0.5, 0.6) is 0 Å². The number of benzene rings is 1. The topological polar surface area (TPSA) is 66.4 Å². The molecule has 0 spiro atoms. The van der Waals surface area contributed by atoms with E-state index in [2.05, 4.69) is 5.32 Å². The second-order valence-corrected chi connectivity index (χ2v) is 4.45. The standard InChI is InChI=1S/C13H16FNO3/c1-3-13(2,8-11(16)17)15-12(18)9-4-6-10(14)7-5-9/h4-7H,3,8H2,1-2H3,(H,15,18)(H,16,17)/t13-/m0/s1. The van der Waals surface area contributed by atoms with Crippen LogP contribution in [0, 0.1) is 5.82 Å². The van der Waals surface area contributed by atoms with E-state index in [1.807, 2.05) is 0 Å². The molecule has 0 aromatic heterocycles. The normalized spacial score (nSPS) is 13.7. The van der Waals surface area contributed by atoms with Crippen molar-refractivity contribution < 1.29 is 19.1 Å². The highest BCUT2D eigenvalue weighted by molar-refractivity contribution is 5.94. The van der Waals surface area contributed by atoms with Crippen LogP contribution in [0.2, 0.25) is 0 Å². The lowest BCUT2D eigenvalue weighted by atomic mass is 9.94. The van der Waals surface area contributed by atoms with E-state index < -0.39 is 23.2 Å². The van der Waals surface area contributed by atoms with Crippen molar-refractivity contribution in [3.63, 3.8) is 0 Å². The highest BCUT2D eigenvalue weighted by Gasteiger charge is 2.27. The Morgan fingerprint density at radius 1 is 1.33 bits per heavy atom. The number of rotatable bonds is 5. The van der Waals surface area contributed by atoms with E-state index in [1.165, 1.54) is 24.3 Å². The summed E-state index contributed by atoms with van der Waals surface area (Å²) in [5.74, 6) is -1.80. The van der Waals surface area contributed by atoms with E-state index >= 15 is 0 Å². The third-order valence-corrected chi connectivity index (χ3v) is 2.84. The minimum Gasteiger partial charge on any atom is -0.481 e. The van der Waals surface area contributed by atoms with Gasteiger partial charge in [-0.25, -0.2) is 4.39 Å². The predicted molar refractivity (Wildman–Crippen MR) is 64.8 cm³/mol. The number of aliphatic carboxylic acids is 1. The Bertz CT molecular complexity index is 444. The maximum atomic E-state index is 12.7. The largest absolute Gasteiger partial charge is 0.481 e. The summed E-state index contributed by atoms with van der Waals surface area (Å²) in [7, 11) is 0. The molecule has 5 heteroatoms. The van der Waals surface area contributed by atoms with Crippen LogP contribution in [-0.4, -0.2) is 22.5 Å². The van der Waals surface area contributed by atoms with Crippen molar-refractivity contribution in [3.05, 3.63) is 35.6 Å². The number of carboxylic acid groups (broad SMARTS) is 1. The molecule has 0 saturated heterocycles. The van der Waals surface area contributed by atoms with Gasteiger partial charge in [0.1, 0.15) is 5.82 Å². The molecule has 0 aliphatic rings. The zero-order valence-corrected chi connectivity index (χ0v) is 10.4. The minimum atomic E-state index is -0.973. The minimum absolute atomic E-state index is 0.156. The molecule has 0 aliphatic carbocycles. The summed E-state index contributed by atoms with van der Waals surface area (Å²) in [5, 5.41) is 11.5. The van der Waals surface area contributed by atoms with Gasteiger partial charge in [-0.15, -0.1) is 0 Å². The second kappa shape index (κ2) is 5.62. The Balaban J connectivity index is 2.79. The monoisotopic (exact) mass is 253 g/mol. The molecule has 1 rings (SSSR count). The molecular formula is C13H16FNO3. The molecule has 0 unspecified atom stereocenters. The van der Waals surface area contributed by atoms with E-state index in [4.69, 9.17) is 5.11 Å². The Hall–Kier alpha value is -1.91. The van der Waals surface area contributed by atoms with Crippen molar-refractivity contribution in [3.8, 4) is 0 Å². The van der Waals surface area contributed by atoms with E-state index in [0.29, 0.717) is 12.0 Å². The molecule has 0 aliphatic heterocycles. The zero-order valence-electron chi connectivity index (χ0n) is 10.4. The Morgan fingerprint density at radius 3 is 2.33 bits per heavy atom. The molecule has 0 saturated carbocycles. The third kappa shape index (κ3) is 3.84. The zero-order chi connectivity index (χ0) is 13.8. The summed E-state index contributed by atoms with van der Waals surface area (Å²) in [4.78, 5) is 22.6. The van der Waals surface area contributed by atoms with E-state index in [9.17, 15) is 14.0 Å². The van der Waals surface area contributed by atoms with Gasteiger partial charge in [0.15, 0.2) is 0 Å². The van der Waals surface area contributed by atoms with Gasteiger partial charge in [-0.1, -0.05) is 6.92 Å². The van der Waals surface area contributed by atoms with Gasteiger partial charge in [0.05, 0.1) is 6.42 Å². The molecular weight excluding hydrogens is 237 g/mol. The van der Waals surface area contributed by atoms with Crippen LogP contribution >= 0.6 is 0 Å². The quantitative estimate of drug-likeness (QED) is 0.845. The van der Waals surface area contributed by atoms with Gasteiger partial charge < -0.3 is 10.4 Å². The Morgan fingerprint density at radius 2 is 1.89 bits per heavy atom. The van der Waals surface area contributed by atoms with Crippen LogP contribution in [0.4, 0.5) is 4.39 Å². The van der Waals surface area contributed by atoms with E-state index in [1.54, 1.807) is 13.8 Å². The fourth-order valence-corrected chi connectivity index (χ4v) is 1.54. The van der Waals surface area contributed by atoms with Gasteiger partial charge in [0, 0.05) is 11.1 Å². The smallest absolute Gasteiger partial charge is 0.305 e. The third-order valence-electron chi connectivity index (χ3n) is 2.84. The van der Waals surface area contributed by atoms with E-state index in [-0.39, 0.29) is 6.42 Å². The van der Waals surface area contributed by atoms with Gasteiger partial charge in [-0.05, 0) is 37.6 Å². The summed E-state index contributed by atoms with van der Waals surface area (Å²) < 4.78 is 12.7. The molecule has 0 radical (unpaired) electrons. The molecule has 0 fully saturated rings. The lowest BCUT2D eigenvalue weighted by Gasteiger charge is -2.27. The summed E-state index contributed by atoms with van der Waals surface area (Å²) in [5.41, 5.74) is -0.501. The molecule has 1 amide bonds. The number of nitrogens with one attached hydrogen (secondary N) is 1. The number of carbonyl (C=O) groups excluding carboxylic acids is 1.